The Balaban J connectivity index is 0.000000522. The summed E-state index contributed by atoms with van der Waals surface area (Å²) in [5, 5.41) is 2.61. The number of rotatable bonds is 31. The molecule has 0 aliphatic carbocycles. The van der Waals surface area contributed by atoms with E-state index < -0.39 is 5.92 Å². The molecule has 1 unspecified atom stereocenters. The van der Waals surface area contributed by atoms with Gasteiger partial charge in [-0.05, 0) is 75.6 Å². The largest absolute Gasteiger partial charge is 0.465 e. The zero-order chi connectivity index (χ0) is 38.1. The fourth-order valence-electron chi connectivity index (χ4n) is 6.06. The molecule has 2 aromatic carbocycles. The summed E-state index contributed by atoms with van der Waals surface area (Å²) in [5.74, 6) is 2.36. The SMILES string of the molecule is CC(C(=O)OCCCCCCNC=O)c1ccc(-c2ccccc2)c(F)c1.CC(C)CCCCCCCCCCCCCCCCSCCN(C)C. The first-order valence-electron chi connectivity index (χ1n) is 20.7. The number of nitrogens with one attached hydrogen (secondary N) is 1. The van der Waals surface area contributed by atoms with Gasteiger partial charge < -0.3 is 15.0 Å². The molecule has 0 saturated heterocycles. The molecule has 1 amide bonds. The van der Waals surface area contributed by atoms with Gasteiger partial charge in [0, 0.05) is 24.4 Å². The molecule has 1 atom stereocenters. The maximum Gasteiger partial charge on any atom is 0.313 e. The number of benzene rings is 2. The van der Waals surface area contributed by atoms with Crippen LogP contribution in [-0.2, 0) is 14.3 Å². The number of ether oxygens (including phenoxy) is 1. The van der Waals surface area contributed by atoms with Crippen LogP contribution in [0.15, 0.2) is 48.5 Å². The van der Waals surface area contributed by atoms with Crippen molar-refractivity contribution in [1.82, 2.24) is 10.2 Å². The van der Waals surface area contributed by atoms with Crippen molar-refractivity contribution in [2.24, 2.45) is 5.92 Å². The third-order valence-electron chi connectivity index (χ3n) is 9.48. The average molecular weight is 743 g/mol. The van der Waals surface area contributed by atoms with Crippen molar-refractivity contribution in [1.29, 1.82) is 0 Å². The lowest BCUT2D eigenvalue weighted by Gasteiger charge is -2.13. The van der Waals surface area contributed by atoms with Crippen LogP contribution in [-0.4, -0.2) is 62.6 Å². The topological polar surface area (TPSA) is 58.6 Å². The molecule has 0 bridgehead atoms. The second-order valence-corrected chi connectivity index (χ2v) is 16.3. The molecule has 0 saturated carbocycles. The molecule has 0 heterocycles. The number of carbonyl (C=O) groups is 2. The molecule has 5 nitrogen and oxygen atoms in total. The third-order valence-corrected chi connectivity index (χ3v) is 10.5. The molecule has 0 aromatic heterocycles. The summed E-state index contributed by atoms with van der Waals surface area (Å²) in [6.45, 7) is 8.66. The van der Waals surface area contributed by atoms with Gasteiger partial charge in [0.15, 0.2) is 0 Å². The zero-order valence-corrected chi connectivity index (χ0v) is 34.6. The Kier molecular flexibility index (Phi) is 30.4. The van der Waals surface area contributed by atoms with Crippen LogP contribution < -0.4 is 5.32 Å². The molecule has 7 heteroatoms. The van der Waals surface area contributed by atoms with Crippen LogP contribution in [0.1, 0.15) is 154 Å². The van der Waals surface area contributed by atoms with Crippen LogP contribution in [0.25, 0.3) is 11.1 Å². The Morgan fingerprint density at radius 1 is 0.750 bits per heavy atom. The minimum atomic E-state index is -0.513. The Labute approximate surface area is 323 Å². The van der Waals surface area contributed by atoms with E-state index in [4.69, 9.17) is 4.74 Å². The molecule has 52 heavy (non-hydrogen) atoms. The standard InChI is InChI=1S/C23H49NS.C22H26FNO3/c1-23(2)19-17-15-13-11-9-7-5-6-8-10-12-14-16-18-21-25-22-20-24(3)4;1-17(22(26)27-14-8-3-2-7-13-24-16-25)19-11-12-20(21(23)15-19)18-9-5-4-6-10-18/h23H,5-22H2,1-4H3;4-6,9-12,15-17H,2-3,7-8,13-14H2,1H3,(H,24,25). The van der Waals surface area contributed by atoms with Gasteiger partial charge in [-0.1, -0.05) is 153 Å². The lowest BCUT2D eigenvalue weighted by atomic mass is 9.97. The maximum atomic E-state index is 14.5. The van der Waals surface area contributed by atoms with Gasteiger partial charge in [0.05, 0.1) is 12.5 Å². The monoisotopic (exact) mass is 743 g/mol. The Morgan fingerprint density at radius 3 is 1.87 bits per heavy atom. The van der Waals surface area contributed by atoms with E-state index in [1.54, 1.807) is 19.1 Å². The first-order valence-corrected chi connectivity index (χ1v) is 21.8. The third kappa shape index (κ3) is 26.4. The minimum Gasteiger partial charge on any atom is -0.465 e. The van der Waals surface area contributed by atoms with E-state index in [0.717, 1.165) is 37.2 Å². The minimum absolute atomic E-state index is 0.343. The highest BCUT2D eigenvalue weighted by molar-refractivity contribution is 7.99. The van der Waals surface area contributed by atoms with Gasteiger partial charge in [0.2, 0.25) is 6.41 Å². The molecule has 0 aliphatic heterocycles. The molecular formula is C45H75FN2O3S. The number of esters is 1. The van der Waals surface area contributed by atoms with E-state index in [1.165, 1.54) is 120 Å². The summed E-state index contributed by atoms with van der Waals surface area (Å²) in [4.78, 5) is 24.6. The maximum absolute atomic E-state index is 14.5. The number of nitrogens with zero attached hydrogens (tertiary/aromatic N) is 1. The second-order valence-electron chi connectivity index (χ2n) is 15.0. The van der Waals surface area contributed by atoms with Crippen LogP contribution in [0.5, 0.6) is 0 Å². The predicted molar refractivity (Wildman–Crippen MR) is 224 cm³/mol. The van der Waals surface area contributed by atoms with Crippen molar-refractivity contribution in [3.05, 3.63) is 59.9 Å². The number of unbranched alkanes of at least 4 members (excludes halogenated alkanes) is 16. The van der Waals surface area contributed by atoms with Gasteiger partial charge in [0.25, 0.3) is 0 Å². The first kappa shape index (κ1) is 47.6. The van der Waals surface area contributed by atoms with Crippen LogP contribution in [0, 0.1) is 11.7 Å². The van der Waals surface area contributed by atoms with E-state index >= 15 is 0 Å². The summed E-state index contributed by atoms with van der Waals surface area (Å²) in [7, 11) is 4.32. The van der Waals surface area contributed by atoms with E-state index in [9.17, 15) is 14.0 Å². The van der Waals surface area contributed by atoms with Crippen LogP contribution in [0.3, 0.4) is 0 Å². The molecule has 1 N–H and O–H groups in total. The van der Waals surface area contributed by atoms with Crippen molar-refractivity contribution in [2.45, 2.75) is 149 Å². The summed E-state index contributed by atoms with van der Waals surface area (Å²) in [5.41, 5.74) is 1.93. The molecule has 2 aromatic rings. The van der Waals surface area contributed by atoms with Gasteiger partial charge in [-0.3, -0.25) is 9.59 Å². The highest BCUT2D eigenvalue weighted by Gasteiger charge is 2.18. The summed E-state index contributed by atoms with van der Waals surface area (Å²) >= 11 is 2.13. The zero-order valence-electron chi connectivity index (χ0n) is 33.8. The number of amides is 1. The fraction of sp³-hybridized carbons (Fsp3) is 0.689. The van der Waals surface area contributed by atoms with Crippen LogP contribution in [0.2, 0.25) is 0 Å². The lowest BCUT2D eigenvalue weighted by molar-refractivity contribution is -0.145. The number of hydrogen-bond acceptors (Lipinski definition) is 5. The van der Waals surface area contributed by atoms with E-state index in [2.05, 4.69) is 49.9 Å². The van der Waals surface area contributed by atoms with Gasteiger partial charge in [-0.25, -0.2) is 4.39 Å². The van der Waals surface area contributed by atoms with E-state index in [-0.39, 0.29) is 11.8 Å². The van der Waals surface area contributed by atoms with Gasteiger partial charge in [-0.2, -0.15) is 11.8 Å². The van der Waals surface area contributed by atoms with Crippen molar-refractivity contribution < 1.29 is 18.7 Å². The normalized spacial score (nSPS) is 11.7. The summed E-state index contributed by atoms with van der Waals surface area (Å²) < 4.78 is 19.8. The van der Waals surface area contributed by atoms with Gasteiger partial charge in [0.1, 0.15) is 5.82 Å². The Morgan fingerprint density at radius 2 is 1.31 bits per heavy atom. The molecule has 0 spiro atoms. The van der Waals surface area contributed by atoms with Crippen molar-refractivity contribution >= 4 is 24.1 Å². The highest BCUT2D eigenvalue weighted by atomic mass is 32.2. The smallest absolute Gasteiger partial charge is 0.313 e. The number of thioether (sulfide) groups is 1. The molecule has 0 fully saturated rings. The number of carbonyl (C=O) groups excluding carboxylic acids is 2. The summed E-state index contributed by atoms with van der Waals surface area (Å²) in [6.07, 6.45) is 26.3. The van der Waals surface area contributed by atoms with Crippen LogP contribution >= 0.6 is 11.8 Å². The van der Waals surface area contributed by atoms with Gasteiger partial charge >= 0.3 is 5.97 Å². The second kappa shape index (κ2) is 33.2. The van der Waals surface area contributed by atoms with E-state index in [1.807, 2.05) is 30.3 Å². The fourth-order valence-corrected chi connectivity index (χ4v) is 7.16. The summed E-state index contributed by atoms with van der Waals surface area (Å²) in [6, 6.07) is 14.2. The van der Waals surface area contributed by atoms with Crippen molar-refractivity contribution in [2.75, 3.05) is 45.3 Å². The lowest BCUT2D eigenvalue weighted by Crippen LogP contribution is -2.14. The first-order chi connectivity index (χ1) is 25.3. The highest BCUT2D eigenvalue weighted by Crippen LogP contribution is 2.27. The van der Waals surface area contributed by atoms with Crippen LogP contribution in [0.4, 0.5) is 4.39 Å². The van der Waals surface area contributed by atoms with Gasteiger partial charge in [-0.15, -0.1) is 0 Å². The molecule has 2 rings (SSSR count). The van der Waals surface area contributed by atoms with E-state index in [0.29, 0.717) is 30.7 Å². The quantitative estimate of drug-likeness (QED) is 0.0473. The van der Waals surface area contributed by atoms with Crippen molar-refractivity contribution in [3.8, 4) is 11.1 Å². The molecule has 0 aliphatic rings. The van der Waals surface area contributed by atoms with Crippen molar-refractivity contribution in [3.63, 3.8) is 0 Å². The number of hydrogen-bond donors (Lipinski definition) is 1. The number of halogens is 1. The molecular weight excluding hydrogens is 668 g/mol. The molecule has 296 valence electrons. The predicted octanol–water partition coefficient (Wildman–Crippen LogP) is 12.2. The Bertz CT molecular complexity index is 1110. The average Bonchev–Trinajstić information content (AvgIpc) is 3.13. The molecule has 0 radical (unpaired) electrons. The Hall–Kier alpha value is -2.38.